The first kappa shape index (κ1) is 15.9. The molecule has 0 radical (unpaired) electrons. The molecule has 3 N–H and O–H groups in total. The number of hydrogen-bond acceptors (Lipinski definition) is 2. The maximum atomic E-state index is 10.3. The van der Waals surface area contributed by atoms with Crippen LogP contribution in [0.4, 0.5) is 0 Å². The Kier molecular flexibility index (Phi) is 14.1. The van der Waals surface area contributed by atoms with E-state index in [1.807, 2.05) is 13.8 Å². The van der Waals surface area contributed by atoms with Gasteiger partial charge >= 0.3 is 5.97 Å². The zero-order chi connectivity index (χ0) is 11.4. The van der Waals surface area contributed by atoms with Gasteiger partial charge in [0.1, 0.15) is 0 Å². The zero-order valence-electron chi connectivity index (χ0n) is 9.75. The molecule has 3 nitrogen and oxygen atoms in total. The van der Waals surface area contributed by atoms with Crippen LogP contribution >= 0.6 is 0 Å². The first-order valence-electron chi connectivity index (χ1n) is 5.58. The van der Waals surface area contributed by atoms with Crippen molar-refractivity contribution in [2.24, 2.45) is 11.7 Å². The van der Waals surface area contributed by atoms with E-state index in [9.17, 15) is 4.79 Å². The van der Waals surface area contributed by atoms with Gasteiger partial charge in [0.15, 0.2) is 0 Å². The lowest BCUT2D eigenvalue weighted by atomic mass is 9.87. The summed E-state index contributed by atoms with van der Waals surface area (Å²) in [7, 11) is 1.50. The van der Waals surface area contributed by atoms with Crippen LogP contribution in [-0.4, -0.2) is 18.1 Å². The minimum atomic E-state index is -0.632. The first-order chi connectivity index (χ1) is 6.79. The number of carboxylic acids is 1. The second-order valence-corrected chi connectivity index (χ2v) is 3.10. The number of aliphatic carboxylic acids is 1. The Labute approximate surface area is 87.7 Å². The Morgan fingerprint density at radius 3 is 2.00 bits per heavy atom. The average molecular weight is 203 g/mol. The van der Waals surface area contributed by atoms with Crippen LogP contribution in [0.25, 0.3) is 0 Å². The Morgan fingerprint density at radius 1 is 1.21 bits per heavy atom. The van der Waals surface area contributed by atoms with Gasteiger partial charge in [-0.25, -0.2) is 0 Å². The quantitative estimate of drug-likeness (QED) is 0.725. The predicted molar refractivity (Wildman–Crippen MR) is 60.3 cm³/mol. The molecule has 0 unspecified atom stereocenters. The van der Waals surface area contributed by atoms with Gasteiger partial charge in [-0.2, -0.15) is 0 Å². The molecule has 0 aromatic heterocycles. The summed E-state index contributed by atoms with van der Waals surface area (Å²) in [5.74, 6) is -0.154. The molecule has 0 spiro atoms. The molecule has 1 rings (SSSR count). The van der Waals surface area contributed by atoms with Crippen molar-refractivity contribution in [1.82, 2.24) is 0 Å². The van der Waals surface area contributed by atoms with Crippen LogP contribution in [0.1, 0.15) is 52.4 Å². The number of rotatable bonds is 2. The summed E-state index contributed by atoms with van der Waals surface area (Å²) in [5.41, 5.74) is 4.50. The molecule has 14 heavy (non-hydrogen) atoms. The van der Waals surface area contributed by atoms with Crippen LogP contribution in [0, 0.1) is 5.92 Å². The molecule has 0 aromatic carbocycles. The molecule has 0 aliphatic heterocycles. The summed E-state index contributed by atoms with van der Waals surface area (Å²) >= 11 is 0. The van der Waals surface area contributed by atoms with E-state index in [1.165, 1.54) is 26.3 Å². The first-order valence-corrected chi connectivity index (χ1v) is 5.58. The SMILES string of the molecule is CC.CN.O=C(O)CC1CCCCC1. The molecular weight excluding hydrogens is 178 g/mol. The minimum absolute atomic E-state index is 0.389. The van der Waals surface area contributed by atoms with Gasteiger partial charge < -0.3 is 10.8 Å². The van der Waals surface area contributed by atoms with E-state index in [0.717, 1.165) is 12.8 Å². The Morgan fingerprint density at radius 2 is 1.64 bits per heavy atom. The van der Waals surface area contributed by atoms with Crippen LogP contribution in [0.2, 0.25) is 0 Å². The molecule has 0 bridgehead atoms. The smallest absolute Gasteiger partial charge is 0.303 e. The molecule has 0 amide bonds. The monoisotopic (exact) mass is 203 g/mol. The molecule has 3 heteroatoms. The molecule has 86 valence electrons. The van der Waals surface area contributed by atoms with E-state index in [2.05, 4.69) is 5.73 Å². The Hall–Kier alpha value is -0.570. The second kappa shape index (κ2) is 12.4. The summed E-state index contributed by atoms with van der Waals surface area (Å²) in [4.78, 5) is 10.3. The van der Waals surface area contributed by atoms with Gasteiger partial charge in [0, 0.05) is 6.42 Å². The summed E-state index contributed by atoms with van der Waals surface area (Å²) in [5, 5.41) is 8.47. The van der Waals surface area contributed by atoms with E-state index >= 15 is 0 Å². The van der Waals surface area contributed by atoms with Crippen molar-refractivity contribution in [2.45, 2.75) is 52.4 Å². The van der Waals surface area contributed by atoms with Crippen LogP contribution < -0.4 is 5.73 Å². The third kappa shape index (κ3) is 9.52. The third-order valence-corrected chi connectivity index (χ3v) is 2.19. The van der Waals surface area contributed by atoms with E-state index in [-0.39, 0.29) is 0 Å². The van der Waals surface area contributed by atoms with Gasteiger partial charge in [0.2, 0.25) is 0 Å². The van der Waals surface area contributed by atoms with E-state index < -0.39 is 5.97 Å². The van der Waals surface area contributed by atoms with Crippen molar-refractivity contribution in [3.8, 4) is 0 Å². The number of carbonyl (C=O) groups is 1. The van der Waals surface area contributed by atoms with Crippen molar-refractivity contribution in [1.29, 1.82) is 0 Å². The maximum absolute atomic E-state index is 10.3. The van der Waals surface area contributed by atoms with E-state index in [4.69, 9.17) is 5.11 Å². The normalized spacial score (nSPS) is 15.7. The van der Waals surface area contributed by atoms with Crippen molar-refractivity contribution in [3.05, 3.63) is 0 Å². The highest BCUT2D eigenvalue weighted by atomic mass is 16.4. The molecule has 1 fully saturated rings. The molecule has 1 saturated carbocycles. The molecule has 1 aliphatic carbocycles. The lowest BCUT2D eigenvalue weighted by molar-refractivity contribution is -0.138. The number of hydrogen-bond donors (Lipinski definition) is 2. The highest BCUT2D eigenvalue weighted by Gasteiger charge is 2.15. The average Bonchev–Trinajstić information content (AvgIpc) is 2.24. The molecule has 0 saturated heterocycles. The predicted octanol–water partition coefficient (Wildman–Crippen LogP) is 2.64. The van der Waals surface area contributed by atoms with Gasteiger partial charge in [-0.1, -0.05) is 33.1 Å². The Bertz CT molecular complexity index is 120. The molecule has 0 atom stereocenters. The lowest BCUT2D eigenvalue weighted by Crippen LogP contribution is -2.10. The molecule has 0 heterocycles. The summed E-state index contributed by atoms with van der Waals surface area (Å²) in [6, 6.07) is 0. The zero-order valence-corrected chi connectivity index (χ0v) is 9.75. The maximum Gasteiger partial charge on any atom is 0.303 e. The topological polar surface area (TPSA) is 63.3 Å². The van der Waals surface area contributed by atoms with E-state index in [1.54, 1.807) is 0 Å². The minimum Gasteiger partial charge on any atom is -0.481 e. The fourth-order valence-electron chi connectivity index (χ4n) is 1.64. The number of nitrogens with two attached hydrogens (primary N) is 1. The molecular formula is C11H25NO2. The van der Waals surface area contributed by atoms with Crippen molar-refractivity contribution in [2.75, 3.05) is 7.05 Å². The van der Waals surface area contributed by atoms with Gasteiger partial charge in [0.05, 0.1) is 0 Å². The second-order valence-electron chi connectivity index (χ2n) is 3.10. The molecule has 1 aliphatic rings. The van der Waals surface area contributed by atoms with E-state index in [0.29, 0.717) is 12.3 Å². The fraction of sp³-hybridized carbons (Fsp3) is 0.909. The summed E-state index contributed by atoms with van der Waals surface area (Å²) < 4.78 is 0. The van der Waals surface area contributed by atoms with Gasteiger partial charge in [-0.05, 0) is 25.8 Å². The largest absolute Gasteiger partial charge is 0.481 e. The third-order valence-electron chi connectivity index (χ3n) is 2.19. The Balaban J connectivity index is 0. The van der Waals surface area contributed by atoms with Crippen LogP contribution in [0.3, 0.4) is 0 Å². The highest BCUT2D eigenvalue weighted by Crippen LogP contribution is 2.25. The fourth-order valence-corrected chi connectivity index (χ4v) is 1.64. The van der Waals surface area contributed by atoms with Crippen LogP contribution in [-0.2, 0) is 4.79 Å². The summed E-state index contributed by atoms with van der Waals surface area (Å²) in [6.45, 7) is 4.00. The van der Waals surface area contributed by atoms with Crippen LogP contribution in [0.5, 0.6) is 0 Å². The lowest BCUT2D eigenvalue weighted by Gasteiger charge is -2.18. The van der Waals surface area contributed by atoms with Crippen molar-refractivity contribution < 1.29 is 9.90 Å². The molecule has 0 aromatic rings. The summed E-state index contributed by atoms with van der Waals surface area (Å²) in [6.07, 6.45) is 6.42. The van der Waals surface area contributed by atoms with Gasteiger partial charge in [0.25, 0.3) is 0 Å². The standard InChI is InChI=1S/C8H14O2.C2H6.CH5N/c9-8(10)6-7-4-2-1-3-5-7;2*1-2/h7H,1-6H2,(H,9,10);1-2H3;2H2,1H3. The van der Waals surface area contributed by atoms with Crippen LogP contribution in [0.15, 0.2) is 0 Å². The van der Waals surface area contributed by atoms with Gasteiger partial charge in [-0.3, -0.25) is 4.79 Å². The van der Waals surface area contributed by atoms with Gasteiger partial charge in [-0.15, -0.1) is 0 Å². The van der Waals surface area contributed by atoms with Crippen molar-refractivity contribution in [3.63, 3.8) is 0 Å². The number of carboxylic acid groups (broad SMARTS) is 1. The highest BCUT2D eigenvalue weighted by molar-refractivity contribution is 5.66. The van der Waals surface area contributed by atoms with Crippen molar-refractivity contribution >= 4 is 5.97 Å².